The molecule has 2 rings (SSSR count). The van der Waals surface area contributed by atoms with Crippen molar-refractivity contribution < 1.29 is 4.74 Å². The molecule has 1 saturated heterocycles. The molecule has 0 aromatic carbocycles. The second kappa shape index (κ2) is 4.63. The zero-order valence-electron chi connectivity index (χ0n) is 8.12. The van der Waals surface area contributed by atoms with Gasteiger partial charge in [-0.1, -0.05) is 11.6 Å². The first-order valence-electron chi connectivity index (χ1n) is 4.82. The van der Waals surface area contributed by atoms with Crippen LogP contribution >= 0.6 is 11.6 Å². The molecule has 0 unspecified atom stereocenters. The molecule has 0 aliphatic carbocycles. The Hall–Kier alpha value is -1.07. The molecule has 15 heavy (non-hydrogen) atoms. The van der Waals surface area contributed by atoms with Crippen LogP contribution in [0.2, 0.25) is 5.15 Å². The van der Waals surface area contributed by atoms with E-state index in [9.17, 15) is 4.79 Å². The quantitative estimate of drug-likeness (QED) is 0.804. The number of nitrogens with one attached hydrogen (secondary N) is 2. The van der Waals surface area contributed by atoms with Crippen molar-refractivity contribution in [2.75, 3.05) is 25.1 Å². The van der Waals surface area contributed by atoms with E-state index in [-0.39, 0.29) is 10.7 Å². The van der Waals surface area contributed by atoms with E-state index in [0.717, 1.165) is 26.2 Å². The molecule has 0 amide bonds. The summed E-state index contributed by atoms with van der Waals surface area (Å²) in [7, 11) is 0. The molecule has 0 bridgehead atoms. The predicted octanol–water partition coefficient (Wildman–Crippen LogP) is 0.872. The summed E-state index contributed by atoms with van der Waals surface area (Å²) in [6.07, 6.45) is 0.999. The van der Waals surface area contributed by atoms with Crippen LogP contribution in [0.25, 0.3) is 0 Å². The fourth-order valence-corrected chi connectivity index (χ4v) is 1.53. The number of halogens is 1. The van der Waals surface area contributed by atoms with Crippen molar-refractivity contribution >= 4 is 17.3 Å². The van der Waals surface area contributed by atoms with Crippen LogP contribution in [-0.2, 0) is 4.74 Å². The second-order valence-electron chi connectivity index (χ2n) is 3.55. The van der Waals surface area contributed by atoms with Gasteiger partial charge in [-0.05, 0) is 6.42 Å². The van der Waals surface area contributed by atoms with Gasteiger partial charge in [0, 0.05) is 18.5 Å². The normalized spacial score (nSPS) is 16.1. The van der Waals surface area contributed by atoms with E-state index in [2.05, 4.69) is 15.5 Å². The van der Waals surface area contributed by atoms with Crippen LogP contribution in [0.3, 0.4) is 0 Å². The summed E-state index contributed by atoms with van der Waals surface area (Å²) >= 11 is 5.66. The smallest absolute Gasteiger partial charge is 0.287 e. The molecule has 0 radical (unpaired) electrons. The number of rotatable bonds is 4. The fraction of sp³-hybridized carbons (Fsp3) is 0.556. The topological polar surface area (TPSA) is 67.0 Å². The summed E-state index contributed by atoms with van der Waals surface area (Å²) in [5, 5.41) is 9.20. The Morgan fingerprint density at radius 1 is 1.67 bits per heavy atom. The van der Waals surface area contributed by atoms with E-state index < -0.39 is 0 Å². The first-order chi connectivity index (χ1) is 7.25. The van der Waals surface area contributed by atoms with Crippen LogP contribution in [0.5, 0.6) is 0 Å². The van der Waals surface area contributed by atoms with Crippen LogP contribution in [0.1, 0.15) is 6.42 Å². The van der Waals surface area contributed by atoms with E-state index in [1.54, 1.807) is 0 Å². The molecular weight excluding hydrogens is 218 g/mol. The van der Waals surface area contributed by atoms with E-state index in [0.29, 0.717) is 11.6 Å². The first kappa shape index (κ1) is 10.4. The van der Waals surface area contributed by atoms with Crippen molar-refractivity contribution in [3.63, 3.8) is 0 Å². The van der Waals surface area contributed by atoms with Crippen molar-refractivity contribution in [1.82, 2.24) is 10.2 Å². The number of aromatic nitrogens is 2. The third kappa shape index (κ3) is 2.70. The van der Waals surface area contributed by atoms with Gasteiger partial charge in [0.05, 0.1) is 13.2 Å². The molecule has 2 N–H and O–H groups in total. The third-order valence-corrected chi connectivity index (χ3v) is 2.54. The molecule has 0 spiro atoms. The Morgan fingerprint density at radius 2 is 2.47 bits per heavy atom. The molecule has 1 fully saturated rings. The van der Waals surface area contributed by atoms with Crippen LogP contribution < -0.4 is 10.9 Å². The Morgan fingerprint density at radius 3 is 3.13 bits per heavy atom. The minimum atomic E-state index is -0.246. The minimum Gasteiger partial charge on any atom is -0.381 e. The van der Waals surface area contributed by atoms with Gasteiger partial charge in [0.15, 0.2) is 5.15 Å². The van der Waals surface area contributed by atoms with E-state index in [1.165, 1.54) is 6.07 Å². The van der Waals surface area contributed by atoms with Crippen molar-refractivity contribution in [1.29, 1.82) is 0 Å². The summed E-state index contributed by atoms with van der Waals surface area (Å²) in [5.74, 6) is 0.619. The zero-order valence-corrected chi connectivity index (χ0v) is 8.88. The number of nitrogens with zero attached hydrogens (tertiary/aromatic N) is 1. The molecule has 1 aliphatic rings. The van der Waals surface area contributed by atoms with Crippen molar-refractivity contribution in [3.05, 3.63) is 21.6 Å². The van der Waals surface area contributed by atoms with Gasteiger partial charge in [-0.25, -0.2) is 5.10 Å². The van der Waals surface area contributed by atoms with Gasteiger partial charge < -0.3 is 10.1 Å². The highest BCUT2D eigenvalue weighted by molar-refractivity contribution is 6.29. The molecule has 1 aromatic rings. The van der Waals surface area contributed by atoms with Gasteiger partial charge >= 0.3 is 0 Å². The van der Waals surface area contributed by atoms with Crippen molar-refractivity contribution in [2.24, 2.45) is 5.92 Å². The zero-order chi connectivity index (χ0) is 10.7. The number of H-pyrrole nitrogens is 1. The van der Waals surface area contributed by atoms with Gasteiger partial charge in [-0.2, -0.15) is 5.10 Å². The monoisotopic (exact) mass is 229 g/mol. The van der Waals surface area contributed by atoms with Gasteiger partial charge in [0.25, 0.3) is 5.56 Å². The van der Waals surface area contributed by atoms with E-state index >= 15 is 0 Å². The summed E-state index contributed by atoms with van der Waals surface area (Å²) in [4.78, 5) is 11.3. The van der Waals surface area contributed by atoms with Gasteiger partial charge in [-0.3, -0.25) is 4.79 Å². The van der Waals surface area contributed by atoms with Crippen LogP contribution in [0.15, 0.2) is 10.9 Å². The summed E-state index contributed by atoms with van der Waals surface area (Å²) in [6.45, 7) is 2.40. The third-order valence-electron chi connectivity index (χ3n) is 2.35. The maximum Gasteiger partial charge on any atom is 0.287 e. The SMILES string of the molecule is O=c1[nH]nc(Cl)cc1NCCC1COC1. The maximum absolute atomic E-state index is 11.3. The standard InChI is InChI=1S/C9H12ClN3O2/c10-8-3-7(9(14)13-12-8)11-2-1-6-4-15-5-6/h3,6H,1-2,4-5H2,(H,11,12)(H,13,14). The average molecular weight is 230 g/mol. The highest BCUT2D eigenvalue weighted by Gasteiger charge is 2.17. The summed E-state index contributed by atoms with van der Waals surface area (Å²) < 4.78 is 5.05. The van der Waals surface area contributed by atoms with Crippen LogP contribution in [-0.4, -0.2) is 30.0 Å². The molecule has 6 heteroatoms. The Balaban J connectivity index is 1.86. The van der Waals surface area contributed by atoms with Crippen molar-refractivity contribution in [3.8, 4) is 0 Å². The van der Waals surface area contributed by atoms with Crippen LogP contribution in [0, 0.1) is 5.92 Å². The predicted molar refractivity (Wildman–Crippen MR) is 57.3 cm³/mol. The lowest BCUT2D eigenvalue weighted by molar-refractivity contribution is -0.0337. The molecule has 82 valence electrons. The fourth-order valence-electron chi connectivity index (χ4n) is 1.37. The second-order valence-corrected chi connectivity index (χ2v) is 3.94. The van der Waals surface area contributed by atoms with Gasteiger partial charge in [0.2, 0.25) is 0 Å². The molecule has 2 heterocycles. The largest absolute Gasteiger partial charge is 0.381 e. The lowest BCUT2D eigenvalue weighted by atomic mass is 10.0. The highest BCUT2D eigenvalue weighted by Crippen LogP contribution is 2.14. The van der Waals surface area contributed by atoms with E-state index in [4.69, 9.17) is 16.3 Å². The Bertz CT molecular complexity index is 389. The number of aromatic amines is 1. The lowest BCUT2D eigenvalue weighted by Crippen LogP contribution is -2.29. The molecule has 1 aromatic heterocycles. The summed E-state index contributed by atoms with van der Waals surface area (Å²) in [5.41, 5.74) is 0.222. The molecule has 0 saturated carbocycles. The molecule has 0 atom stereocenters. The highest BCUT2D eigenvalue weighted by atomic mass is 35.5. The Kier molecular flexibility index (Phi) is 3.23. The molecular formula is C9H12ClN3O2. The Labute approximate surface area is 91.8 Å². The minimum absolute atomic E-state index is 0.246. The molecule has 1 aliphatic heterocycles. The van der Waals surface area contributed by atoms with Gasteiger partial charge in [0.1, 0.15) is 5.69 Å². The first-order valence-corrected chi connectivity index (χ1v) is 5.20. The number of anilines is 1. The lowest BCUT2D eigenvalue weighted by Gasteiger charge is -2.25. The number of hydrogen-bond donors (Lipinski definition) is 2. The van der Waals surface area contributed by atoms with Gasteiger partial charge in [-0.15, -0.1) is 0 Å². The van der Waals surface area contributed by atoms with Crippen LogP contribution in [0.4, 0.5) is 5.69 Å². The maximum atomic E-state index is 11.3. The number of hydrogen-bond acceptors (Lipinski definition) is 4. The number of ether oxygens (including phenoxy) is 1. The van der Waals surface area contributed by atoms with Crippen molar-refractivity contribution in [2.45, 2.75) is 6.42 Å². The molecule has 5 nitrogen and oxygen atoms in total. The van der Waals surface area contributed by atoms with E-state index in [1.807, 2.05) is 0 Å². The average Bonchev–Trinajstić information content (AvgIpc) is 2.15. The summed E-state index contributed by atoms with van der Waals surface area (Å²) in [6, 6.07) is 1.53.